The summed E-state index contributed by atoms with van der Waals surface area (Å²) in [5.41, 5.74) is 0. The first-order valence-electron chi connectivity index (χ1n) is 6.78. The Morgan fingerprint density at radius 2 is 2.26 bits per heavy atom. The van der Waals surface area contributed by atoms with Crippen molar-refractivity contribution in [3.05, 3.63) is 15.1 Å². The van der Waals surface area contributed by atoms with Crippen LogP contribution < -0.4 is 9.64 Å². The molecule has 0 radical (unpaired) electrons. The van der Waals surface area contributed by atoms with Crippen LogP contribution in [0.3, 0.4) is 0 Å². The van der Waals surface area contributed by atoms with Crippen LogP contribution in [0.5, 0.6) is 5.75 Å². The number of aromatic nitrogens is 2. The quantitative estimate of drug-likeness (QED) is 0.656. The number of halogens is 3. The maximum absolute atomic E-state index is 13.1. The number of hydrogen-bond donors (Lipinski definition) is 0. The molecule has 6 nitrogen and oxygen atoms in total. The van der Waals surface area contributed by atoms with Gasteiger partial charge in [0.05, 0.1) is 9.43 Å². The van der Waals surface area contributed by atoms with E-state index in [1.165, 1.54) is 11.3 Å². The van der Waals surface area contributed by atoms with E-state index in [1.54, 1.807) is 6.20 Å². The number of anilines is 1. The molecule has 0 unspecified atom stereocenters. The Bertz CT molecular complexity index is 779. The Hall–Kier alpha value is -1.43. The highest BCUT2D eigenvalue weighted by molar-refractivity contribution is 14.1. The topological polar surface area (TPSA) is 56.6 Å². The predicted molar refractivity (Wildman–Crippen MR) is 87.4 cm³/mol. The number of imidazole rings is 1. The number of fused-ring (bicyclic) bond motifs is 3. The van der Waals surface area contributed by atoms with Gasteiger partial charge in [0.2, 0.25) is 0 Å². The first-order valence-corrected chi connectivity index (χ1v) is 8.68. The van der Waals surface area contributed by atoms with E-state index in [0.717, 1.165) is 18.4 Å². The minimum Gasteiger partial charge on any atom is -0.490 e. The van der Waals surface area contributed by atoms with Crippen LogP contribution in [0.1, 0.15) is 0 Å². The fourth-order valence-electron chi connectivity index (χ4n) is 2.62. The highest BCUT2D eigenvalue weighted by atomic mass is 127. The van der Waals surface area contributed by atoms with Crippen LogP contribution in [-0.4, -0.2) is 41.3 Å². The van der Waals surface area contributed by atoms with E-state index in [9.17, 15) is 13.6 Å². The highest BCUT2D eigenvalue weighted by Crippen LogP contribution is 2.41. The average Bonchev–Trinajstić information content (AvgIpc) is 3.14. The molecule has 1 atom stereocenters. The third-order valence-electron chi connectivity index (χ3n) is 3.67. The number of ether oxygens (including phenoxy) is 2. The van der Waals surface area contributed by atoms with Gasteiger partial charge in [-0.3, -0.25) is 0 Å². The van der Waals surface area contributed by atoms with Crippen LogP contribution in [0.4, 0.5) is 19.4 Å². The molecule has 0 spiro atoms. The number of hydrogen-bond acceptors (Lipinski definition) is 5. The zero-order chi connectivity index (χ0) is 16.1. The van der Waals surface area contributed by atoms with E-state index >= 15 is 0 Å². The van der Waals surface area contributed by atoms with Crippen molar-refractivity contribution in [3.8, 4) is 16.5 Å². The molecule has 2 aliphatic heterocycles. The molecule has 0 aromatic carbocycles. The second kappa shape index (κ2) is 5.58. The molecule has 0 saturated carbocycles. The van der Waals surface area contributed by atoms with Gasteiger partial charge in [-0.05, 0) is 22.6 Å². The second-order valence-corrected chi connectivity index (χ2v) is 8.00. The molecule has 1 saturated heterocycles. The van der Waals surface area contributed by atoms with Crippen LogP contribution in [0.2, 0.25) is 0 Å². The monoisotopic (exact) mass is 453 g/mol. The van der Waals surface area contributed by atoms with Crippen LogP contribution in [0.15, 0.2) is 12.3 Å². The molecule has 4 rings (SSSR count). The predicted octanol–water partition coefficient (Wildman–Crippen LogP) is 3.20. The number of rotatable bonds is 2. The molecule has 0 bridgehead atoms. The van der Waals surface area contributed by atoms with Crippen molar-refractivity contribution >= 4 is 45.8 Å². The van der Waals surface area contributed by atoms with Gasteiger partial charge in [0.25, 0.3) is 6.43 Å². The Morgan fingerprint density at radius 3 is 3.04 bits per heavy atom. The van der Waals surface area contributed by atoms with E-state index in [-0.39, 0.29) is 12.4 Å². The van der Waals surface area contributed by atoms with Crippen molar-refractivity contribution in [3.63, 3.8) is 0 Å². The van der Waals surface area contributed by atoms with Crippen molar-refractivity contribution in [2.24, 2.45) is 0 Å². The van der Waals surface area contributed by atoms with Crippen molar-refractivity contribution in [1.82, 2.24) is 9.55 Å². The van der Waals surface area contributed by atoms with Gasteiger partial charge < -0.3 is 14.0 Å². The van der Waals surface area contributed by atoms with Gasteiger partial charge in [-0.15, -0.1) is 11.3 Å². The van der Waals surface area contributed by atoms with Crippen molar-refractivity contribution < 1.29 is 23.0 Å². The van der Waals surface area contributed by atoms with Gasteiger partial charge in [-0.2, -0.15) is 0 Å². The van der Waals surface area contributed by atoms with E-state index < -0.39 is 18.6 Å². The SMILES string of the molecule is O=C1OC[C@@H](C(F)F)N1c1cn2c(n1)-c1sc(I)cc1OCC2. The molecule has 23 heavy (non-hydrogen) atoms. The fraction of sp³-hybridized carbons (Fsp3) is 0.385. The van der Waals surface area contributed by atoms with E-state index in [2.05, 4.69) is 27.6 Å². The second-order valence-electron chi connectivity index (χ2n) is 5.06. The molecular weight excluding hydrogens is 443 g/mol. The van der Waals surface area contributed by atoms with Crippen molar-refractivity contribution in [2.75, 3.05) is 18.1 Å². The summed E-state index contributed by atoms with van der Waals surface area (Å²) in [7, 11) is 0. The summed E-state index contributed by atoms with van der Waals surface area (Å²) in [6, 6.07) is 0.609. The molecule has 122 valence electrons. The summed E-state index contributed by atoms with van der Waals surface area (Å²) in [5, 5.41) is 0. The summed E-state index contributed by atoms with van der Waals surface area (Å²) in [6.45, 7) is 0.651. The first-order chi connectivity index (χ1) is 11.0. The Morgan fingerprint density at radius 1 is 1.43 bits per heavy atom. The zero-order valence-corrected chi connectivity index (χ0v) is 14.5. The number of thiophene rings is 1. The molecule has 1 amide bonds. The first kappa shape index (κ1) is 15.1. The Kier molecular flexibility index (Phi) is 3.67. The molecule has 2 aliphatic rings. The normalized spacial score (nSPS) is 20.1. The number of carbonyl (C=O) groups is 1. The summed E-state index contributed by atoms with van der Waals surface area (Å²) >= 11 is 3.70. The smallest absolute Gasteiger partial charge is 0.416 e. The van der Waals surface area contributed by atoms with Crippen LogP contribution >= 0.6 is 33.9 Å². The number of carbonyl (C=O) groups excluding carboxylic acids is 1. The summed E-state index contributed by atoms with van der Waals surface area (Å²) in [5.74, 6) is 1.53. The molecule has 0 aliphatic carbocycles. The van der Waals surface area contributed by atoms with Crippen LogP contribution in [0, 0.1) is 2.88 Å². The highest BCUT2D eigenvalue weighted by Gasteiger charge is 2.42. The molecule has 0 N–H and O–H groups in total. The maximum Gasteiger partial charge on any atom is 0.416 e. The molecule has 4 heterocycles. The zero-order valence-electron chi connectivity index (χ0n) is 11.5. The standard InChI is InChI=1S/C13H10F2IN3O3S/c14-11(15)6-5-22-13(20)19(6)9-4-18-1-2-21-7-3-8(16)23-10(7)12(18)17-9/h3-4,6,11H,1-2,5H2/t6-/m0/s1. The minimum absolute atomic E-state index is 0.184. The van der Waals surface area contributed by atoms with Crippen molar-refractivity contribution in [1.29, 1.82) is 0 Å². The van der Waals surface area contributed by atoms with Gasteiger partial charge in [0.15, 0.2) is 11.6 Å². The van der Waals surface area contributed by atoms with E-state index in [4.69, 9.17) is 9.47 Å². The van der Waals surface area contributed by atoms with Gasteiger partial charge in [-0.25, -0.2) is 23.5 Å². The Balaban J connectivity index is 1.78. The third-order valence-corrected chi connectivity index (χ3v) is 5.54. The van der Waals surface area contributed by atoms with Crippen molar-refractivity contribution in [2.45, 2.75) is 19.0 Å². The average molecular weight is 453 g/mol. The van der Waals surface area contributed by atoms with E-state index in [1.807, 2.05) is 10.6 Å². The van der Waals surface area contributed by atoms with Gasteiger partial charge in [0, 0.05) is 12.3 Å². The van der Waals surface area contributed by atoms with Gasteiger partial charge >= 0.3 is 6.09 Å². The van der Waals surface area contributed by atoms with Gasteiger partial charge in [0.1, 0.15) is 29.9 Å². The van der Waals surface area contributed by atoms with Crippen LogP contribution in [0.25, 0.3) is 10.7 Å². The fourth-order valence-corrected chi connectivity index (χ4v) is 4.39. The Labute approximate surface area is 147 Å². The number of nitrogens with zero attached hydrogens (tertiary/aromatic N) is 3. The lowest BCUT2D eigenvalue weighted by atomic mass is 10.3. The summed E-state index contributed by atoms with van der Waals surface area (Å²) in [4.78, 5) is 18.0. The largest absolute Gasteiger partial charge is 0.490 e. The lowest BCUT2D eigenvalue weighted by Crippen LogP contribution is -2.38. The lowest BCUT2D eigenvalue weighted by molar-refractivity contribution is 0.104. The molecule has 10 heteroatoms. The molecule has 1 fully saturated rings. The van der Waals surface area contributed by atoms with Gasteiger partial charge in [-0.1, -0.05) is 0 Å². The number of amides is 1. The maximum atomic E-state index is 13.1. The third kappa shape index (κ3) is 2.47. The molecule has 2 aromatic rings. The molecule has 2 aromatic heterocycles. The number of alkyl halides is 2. The van der Waals surface area contributed by atoms with Crippen LogP contribution in [-0.2, 0) is 11.3 Å². The number of cyclic esters (lactones) is 1. The summed E-state index contributed by atoms with van der Waals surface area (Å²) < 4.78 is 39.5. The molecular formula is C13H10F2IN3O3S. The summed E-state index contributed by atoms with van der Waals surface area (Å²) in [6.07, 6.45) is -1.88. The minimum atomic E-state index is -2.69. The van der Waals surface area contributed by atoms with E-state index in [0.29, 0.717) is 19.0 Å². The lowest BCUT2D eigenvalue weighted by Gasteiger charge is -2.17.